The van der Waals surface area contributed by atoms with Crippen LogP contribution in [-0.2, 0) is 17.9 Å². The first-order chi connectivity index (χ1) is 10.2. The highest BCUT2D eigenvalue weighted by Gasteiger charge is 2.27. The van der Waals surface area contributed by atoms with Gasteiger partial charge in [0.05, 0.1) is 29.4 Å². The van der Waals surface area contributed by atoms with Gasteiger partial charge in [-0.25, -0.2) is 4.98 Å². The monoisotopic (exact) mass is 305 g/mol. The van der Waals surface area contributed by atoms with Gasteiger partial charge in [0, 0.05) is 37.8 Å². The molecular formula is C14H19N5OS. The number of carbonyl (C=O) groups is 1. The van der Waals surface area contributed by atoms with Crippen LogP contribution in [-0.4, -0.2) is 39.2 Å². The molecule has 2 aromatic rings. The normalized spacial score (nSPS) is 18.5. The molecule has 1 N–H and O–H groups in total. The molecule has 1 aliphatic rings. The van der Waals surface area contributed by atoms with Crippen LogP contribution in [0, 0.1) is 6.92 Å². The fraction of sp³-hybridized carbons (Fsp3) is 0.500. The molecule has 1 amide bonds. The average Bonchev–Trinajstić information content (AvgIpc) is 3.08. The maximum atomic E-state index is 11.7. The largest absolute Gasteiger partial charge is 0.359 e. The van der Waals surface area contributed by atoms with Gasteiger partial charge < -0.3 is 5.32 Å². The van der Waals surface area contributed by atoms with Crippen molar-refractivity contribution in [2.24, 2.45) is 0 Å². The standard InChI is InChI=1S/C14H19N5OS/c1-10-13(21-9-16-10)8-18-6-11-3-4-17-19(11)12(7-18)5-14(20)15-2/h3-4,9,12H,5-8H2,1-2H3,(H,15,20)/t12-/m0/s1. The van der Waals surface area contributed by atoms with Crippen molar-refractivity contribution in [3.63, 3.8) is 0 Å². The van der Waals surface area contributed by atoms with Gasteiger partial charge in [0.1, 0.15) is 0 Å². The van der Waals surface area contributed by atoms with E-state index in [0.717, 1.165) is 31.0 Å². The van der Waals surface area contributed by atoms with E-state index in [1.165, 1.54) is 4.88 Å². The zero-order valence-electron chi connectivity index (χ0n) is 12.2. The first kappa shape index (κ1) is 14.2. The summed E-state index contributed by atoms with van der Waals surface area (Å²) in [6.45, 7) is 4.62. The minimum Gasteiger partial charge on any atom is -0.359 e. The quantitative estimate of drug-likeness (QED) is 0.926. The number of aromatic nitrogens is 3. The molecule has 3 rings (SSSR count). The Morgan fingerprint density at radius 2 is 2.43 bits per heavy atom. The van der Waals surface area contributed by atoms with Gasteiger partial charge in [-0.2, -0.15) is 5.10 Å². The second kappa shape index (κ2) is 5.95. The van der Waals surface area contributed by atoms with Crippen molar-refractivity contribution in [3.8, 4) is 0 Å². The molecule has 6 nitrogen and oxygen atoms in total. The Hall–Kier alpha value is -1.73. The minimum atomic E-state index is 0.0530. The molecule has 0 saturated heterocycles. The highest BCUT2D eigenvalue weighted by molar-refractivity contribution is 7.09. The molecule has 1 atom stereocenters. The molecule has 0 aliphatic carbocycles. The Balaban J connectivity index is 1.77. The summed E-state index contributed by atoms with van der Waals surface area (Å²) in [4.78, 5) is 19.7. The number of thiazole rings is 1. The number of carbonyl (C=O) groups excluding carboxylic acids is 1. The van der Waals surface area contributed by atoms with Crippen LogP contribution in [0.15, 0.2) is 17.8 Å². The van der Waals surface area contributed by atoms with Gasteiger partial charge in [0.15, 0.2) is 0 Å². The molecule has 0 fully saturated rings. The maximum absolute atomic E-state index is 11.7. The zero-order chi connectivity index (χ0) is 14.8. The number of aryl methyl sites for hydroxylation is 1. The molecule has 0 saturated carbocycles. The van der Waals surface area contributed by atoms with Crippen molar-refractivity contribution in [1.29, 1.82) is 0 Å². The summed E-state index contributed by atoms with van der Waals surface area (Å²) in [5, 5.41) is 7.07. The molecule has 21 heavy (non-hydrogen) atoms. The molecule has 1 aliphatic heterocycles. The number of rotatable bonds is 4. The van der Waals surface area contributed by atoms with Gasteiger partial charge in [-0.15, -0.1) is 11.3 Å². The lowest BCUT2D eigenvalue weighted by molar-refractivity contribution is -0.121. The SMILES string of the molecule is CNC(=O)C[C@H]1CN(Cc2scnc2C)Cc2ccnn21. The fourth-order valence-corrected chi connectivity index (χ4v) is 3.55. The summed E-state index contributed by atoms with van der Waals surface area (Å²) >= 11 is 1.69. The maximum Gasteiger partial charge on any atom is 0.221 e. The summed E-state index contributed by atoms with van der Waals surface area (Å²) in [6.07, 6.45) is 2.27. The smallest absolute Gasteiger partial charge is 0.221 e. The summed E-state index contributed by atoms with van der Waals surface area (Å²) in [5.41, 5.74) is 4.15. The van der Waals surface area contributed by atoms with Gasteiger partial charge in [-0.05, 0) is 13.0 Å². The lowest BCUT2D eigenvalue weighted by Crippen LogP contribution is -2.39. The van der Waals surface area contributed by atoms with E-state index in [4.69, 9.17) is 0 Å². The number of hydrogen-bond acceptors (Lipinski definition) is 5. The van der Waals surface area contributed by atoms with Crippen molar-refractivity contribution >= 4 is 17.2 Å². The average molecular weight is 305 g/mol. The number of nitrogens with zero attached hydrogens (tertiary/aromatic N) is 4. The van der Waals surface area contributed by atoms with Crippen LogP contribution in [0.5, 0.6) is 0 Å². The third-order valence-electron chi connectivity index (χ3n) is 3.86. The number of hydrogen-bond donors (Lipinski definition) is 1. The molecule has 0 radical (unpaired) electrons. The van der Waals surface area contributed by atoms with Crippen LogP contribution in [0.3, 0.4) is 0 Å². The van der Waals surface area contributed by atoms with E-state index in [0.29, 0.717) is 6.42 Å². The van der Waals surface area contributed by atoms with Gasteiger partial charge in [-0.1, -0.05) is 0 Å². The summed E-state index contributed by atoms with van der Waals surface area (Å²) in [6, 6.07) is 2.12. The van der Waals surface area contributed by atoms with E-state index in [1.807, 2.05) is 29.4 Å². The van der Waals surface area contributed by atoms with Gasteiger partial charge in [-0.3, -0.25) is 14.4 Å². The minimum absolute atomic E-state index is 0.0530. The Kier molecular flexibility index (Phi) is 4.03. The molecule has 0 spiro atoms. The van der Waals surface area contributed by atoms with Crippen molar-refractivity contribution in [2.75, 3.05) is 13.6 Å². The van der Waals surface area contributed by atoms with E-state index in [2.05, 4.69) is 20.3 Å². The van der Waals surface area contributed by atoms with E-state index >= 15 is 0 Å². The molecule has 2 aromatic heterocycles. The zero-order valence-corrected chi connectivity index (χ0v) is 13.1. The number of nitrogens with one attached hydrogen (secondary N) is 1. The second-order valence-electron chi connectivity index (χ2n) is 5.33. The van der Waals surface area contributed by atoms with Crippen LogP contribution >= 0.6 is 11.3 Å². The molecule has 0 aromatic carbocycles. The number of fused-ring (bicyclic) bond motifs is 1. The first-order valence-electron chi connectivity index (χ1n) is 7.01. The Morgan fingerprint density at radius 1 is 1.57 bits per heavy atom. The van der Waals surface area contributed by atoms with E-state index < -0.39 is 0 Å². The Morgan fingerprint density at radius 3 is 3.14 bits per heavy atom. The molecular weight excluding hydrogens is 286 g/mol. The lowest BCUT2D eigenvalue weighted by atomic mass is 10.1. The van der Waals surface area contributed by atoms with E-state index in [9.17, 15) is 4.79 Å². The third-order valence-corrected chi connectivity index (χ3v) is 4.78. The predicted octanol–water partition coefficient (Wildman–Crippen LogP) is 1.34. The second-order valence-corrected chi connectivity index (χ2v) is 6.27. The van der Waals surface area contributed by atoms with Crippen molar-refractivity contribution in [1.82, 2.24) is 25.0 Å². The van der Waals surface area contributed by atoms with Crippen LogP contribution in [0.1, 0.15) is 28.7 Å². The van der Waals surface area contributed by atoms with E-state index in [1.54, 1.807) is 18.4 Å². The molecule has 0 bridgehead atoms. The summed E-state index contributed by atoms with van der Waals surface area (Å²) in [5.74, 6) is 0.0530. The third kappa shape index (κ3) is 2.98. The topological polar surface area (TPSA) is 63.1 Å². The van der Waals surface area contributed by atoms with E-state index in [-0.39, 0.29) is 11.9 Å². The number of amides is 1. The van der Waals surface area contributed by atoms with Crippen LogP contribution < -0.4 is 5.32 Å². The summed E-state index contributed by atoms with van der Waals surface area (Å²) in [7, 11) is 1.67. The van der Waals surface area contributed by atoms with Gasteiger partial charge in [0.25, 0.3) is 0 Å². The van der Waals surface area contributed by atoms with Crippen molar-refractivity contribution in [3.05, 3.63) is 34.0 Å². The van der Waals surface area contributed by atoms with Crippen molar-refractivity contribution in [2.45, 2.75) is 32.5 Å². The highest BCUT2D eigenvalue weighted by atomic mass is 32.1. The van der Waals surface area contributed by atoms with Crippen LogP contribution in [0.2, 0.25) is 0 Å². The predicted molar refractivity (Wildman–Crippen MR) is 80.9 cm³/mol. The summed E-state index contributed by atoms with van der Waals surface area (Å²) < 4.78 is 1.99. The molecule has 7 heteroatoms. The highest BCUT2D eigenvalue weighted by Crippen LogP contribution is 2.25. The Bertz CT molecular complexity index is 635. The molecule has 112 valence electrons. The van der Waals surface area contributed by atoms with Crippen LogP contribution in [0.4, 0.5) is 0 Å². The van der Waals surface area contributed by atoms with Crippen molar-refractivity contribution < 1.29 is 4.79 Å². The lowest BCUT2D eigenvalue weighted by Gasteiger charge is -2.33. The van der Waals surface area contributed by atoms with Gasteiger partial charge in [0.2, 0.25) is 5.91 Å². The molecule has 0 unspecified atom stereocenters. The fourth-order valence-electron chi connectivity index (χ4n) is 2.73. The first-order valence-corrected chi connectivity index (χ1v) is 7.89. The van der Waals surface area contributed by atoms with Gasteiger partial charge >= 0.3 is 0 Å². The Labute approximate surface area is 127 Å². The van der Waals surface area contributed by atoms with Crippen LogP contribution in [0.25, 0.3) is 0 Å². The molecule has 3 heterocycles.